The monoisotopic (exact) mass is 368 g/mol. The normalized spacial score (nSPS) is 11.4. The summed E-state index contributed by atoms with van der Waals surface area (Å²) in [6.45, 7) is 5.54. The van der Waals surface area contributed by atoms with Crippen LogP contribution >= 0.6 is 0 Å². The summed E-state index contributed by atoms with van der Waals surface area (Å²) < 4.78 is 8.31. The molecular formula is C25H24N2O. The van der Waals surface area contributed by atoms with E-state index in [2.05, 4.69) is 67.0 Å². The van der Waals surface area contributed by atoms with Crippen molar-refractivity contribution in [3.8, 4) is 5.75 Å². The van der Waals surface area contributed by atoms with E-state index in [1.807, 2.05) is 36.4 Å². The van der Waals surface area contributed by atoms with Crippen LogP contribution in [0.4, 0.5) is 0 Å². The lowest BCUT2D eigenvalue weighted by Gasteiger charge is -2.12. The number of nitrogens with zero attached hydrogens (tertiary/aromatic N) is 2. The van der Waals surface area contributed by atoms with Crippen molar-refractivity contribution in [2.45, 2.75) is 20.4 Å². The highest BCUT2D eigenvalue weighted by Gasteiger charge is 2.09. The van der Waals surface area contributed by atoms with Gasteiger partial charge in [0.25, 0.3) is 0 Å². The summed E-state index contributed by atoms with van der Waals surface area (Å²) in [5.74, 6) is 1.89. The van der Waals surface area contributed by atoms with E-state index in [0.29, 0.717) is 6.61 Å². The second kappa shape index (κ2) is 8.13. The van der Waals surface area contributed by atoms with E-state index >= 15 is 0 Å². The van der Waals surface area contributed by atoms with E-state index in [1.54, 1.807) is 0 Å². The number of para-hydroxylation sites is 2. The number of fused-ring (bicyclic) bond motifs is 1. The molecule has 0 radical (unpaired) electrons. The fraction of sp³-hybridized carbons (Fsp3) is 0.160. The maximum Gasteiger partial charge on any atom is 0.133 e. The number of aromatic nitrogens is 2. The quantitative estimate of drug-likeness (QED) is 0.423. The predicted octanol–water partition coefficient (Wildman–Crippen LogP) is 5.90. The molecule has 3 aromatic carbocycles. The van der Waals surface area contributed by atoms with Gasteiger partial charge in [-0.25, -0.2) is 4.98 Å². The Bertz CT molecular complexity index is 1110. The summed E-state index contributed by atoms with van der Waals surface area (Å²) >= 11 is 0. The topological polar surface area (TPSA) is 27.1 Å². The molecule has 0 unspecified atom stereocenters. The molecule has 0 bridgehead atoms. The van der Waals surface area contributed by atoms with Crippen LogP contribution in [-0.2, 0) is 6.54 Å². The molecule has 140 valence electrons. The number of ether oxygens (including phenoxy) is 1. The highest BCUT2D eigenvalue weighted by Crippen LogP contribution is 2.22. The molecule has 4 rings (SSSR count). The first kappa shape index (κ1) is 18.1. The molecule has 0 amide bonds. The average molecular weight is 368 g/mol. The maximum absolute atomic E-state index is 6.08. The number of hydrogen-bond donors (Lipinski definition) is 0. The third kappa shape index (κ3) is 3.84. The van der Waals surface area contributed by atoms with Crippen molar-refractivity contribution in [3.63, 3.8) is 0 Å². The Hall–Kier alpha value is -3.33. The molecule has 0 saturated heterocycles. The van der Waals surface area contributed by atoms with Crippen LogP contribution in [-0.4, -0.2) is 16.2 Å². The van der Waals surface area contributed by atoms with Gasteiger partial charge in [0.1, 0.15) is 18.2 Å². The van der Waals surface area contributed by atoms with Crippen molar-refractivity contribution in [1.29, 1.82) is 0 Å². The van der Waals surface area contributed by atoms with E-state index in [-0.39, 0.29) is 0 Å². The molecular weight excluding hydrogens is 344 g/mol. The highest BCUT2D eigenvalue weighted by molar-refractivity contribution is 5.79. The minimum Gasteiger partial charge on any atom is -0.491 e. The van der Waals surface area contributed by atoms with Gasteiger partial charge < -0.3 is 9.30 Å². The van der Waals surface area contributed by atoms with Crippen molar-refractivity contribution in [3.05, 3.63) is 95.3 Å². The summed E-state index contributed by atoms with van der Waals surface area (Å²) in [6, 6.07) is 24.7. The van der Waals surface area contributed by atoms with Gasteiger partial charge in [-0.15, -0.1) is 0 Å². The second-order valence-electron chi connectivity index (χ2n) is 6.90. The van der Waals surface area contributed by atoms with Gasteiger partial charge in [0.15, 0.2) is 0 Å². The molecule has 0 aliphatic heterocycles. The van der Waals surface area contributed by atoms with Crippen molar-refractivity contribution < 1.29 is 4.74 Å². The van der Waals surface area contributed by atoms with Crippen molar-refractivity contribution in [2.75, 3.05) is 6.61 Å². The van der Waals surface area contributed by atoms with Crippen LogP contribution in [0.2, 0.25) is 0 Å². The van der Waals surface area contributed by atoms with Crippen LogP contribution in [0.1, 0.15) is 22.5 Å². The zero-order valence-corrected chi connectivity index (χ0v) is 16.3. The van der Waals surface area contributed by atoms with E-state index in [1.165, 1.54) is 11.1 Å². The molecule has 1 heterocycles. The molecule has 1 aromatic heterocycles. The summed E-state index contributed by atoms with van der Waals surface area (Å²) in [7, 11) is 0. The summed E-state index contributed by atoms with van der Waals surface area (Å²) in [6.07, 6.45) is 4.18. The van der Waals surface area contributed by atoms with Crippen LogP contribution < -0.4 is 4.74 Å². The number of rotatable bonds is 6. The summed E-state index contributed by atoms with van der Waals surface area (Å²) in [5, 5.41) is 0. The molecule has 0 atom stereocenters. The Labute approximate surface area is 165 Å². The molecule has 0 fully saturated rings. The number of imidazole rings is 1. The van der Waals surface area contributed by atoms with Crippen molar-refractivity contribution in [2.24, 2.45) is 0 Å². The molecule has 0 saturated carbocycles. The number of aryl methyl sites for hydroxylation is 1. The van der Waals surface area contributed by atoms with Gasteiger partial charge in [-0.2, -0.15) is 0 Å². The minimum atomic E-state index is 0.594. The molecule has 0 spiro atoms. The average Bonchev–Trinajstić information content (AvgIpc) is 3.08. The van der Waals surface area contributed by atoms with Gasteiger partial charge in [-0.3, -0.25) is 0 Å². The van der Waals surface area contributed by atoms with E-state index in [9.17, 15) is 0 Å². The zero-order valence-electron chi connectivity index (χ0n) is 16.3. The predicted molar refractivity (Wildman–Crippen MR) is 117 cm³/mol. The standard InChI is InChI=1S/C25H24N2O/c1-19-9-8-14-24(20(19)2)28-18-17-27-23-13-7-6-12-22(23)26-25(27)16-15-21-10-4-3-5-11-21/h3-16H,17-18H2,1-2H3/b16-15+. The Balaban J connectivity index is 1.58. The van der Waals surface area contributed by atoms with Gasteiger partial charge in [-0.05, 0) is 54.8 Å². The Morgan fingerprint density at radius 3 is 2.50 bits per heavy atom. The number of benzene rings is 3. The molecule has 3 nitrogen and oxygen atoms in total. The van der Waals surface area contributed by atoms with E-state index in [0.717, 1.165) is 34.7 Å². The highest BCUT2D eigenvalue weighted by atomic mass is 16.5. The lowest BCUT2D eigenvalue weighted by Crippen LogP contribution is -2.10. The molecule has 0 aliphatic rings. The van der Waals surface area contributed by atoms with Crippen LogP contribution in [0.15, 0.2) is 72.8 Å². The molecule has 28 heavy (non-hydrogen) atoms. The van der Waals surface area contributed by atoms with Crippen LogP contribution in [0.3, 0.4) is 0 Å². The summed E-state index contributed by atoms with van der Waals surface area (Å²) in [4.78, 5) is 4.81. The summed E-state index contributed by atoms with van der Waals surface area (Å²) in [5.41, 5.74) is 5.73. The molecule has 0 aliphatic carbocycles. The first-order valence-corrected chi connectivity index (χ1v) is 9.60. The number of hydrogen-bond acceptors (Lipinski definition) is 2. The Kier molecular flexibility index (Phi) is 5.24. The third-order valence-electron chi connectivity index (χ3n) is 5.04. The smallest absolute Gasteiger partial charge is 0.133 e. The van der Waals surface area contributed by atoms with Gasteiger partial charge >= 0.3 is 0 Å². The van der Waals surface area contributed by atoms with Crippen molar-refractivity contribution >= 4 is 23.2 Å². The SMILES string of the molecule is Cc1cccc(OCCn2c(/C=C/c3ccccc3)nc3ccccc32)c1C. The molecule has 3 heteroatoms. The van der Waals surface area contributed by atoms with Crippen molar-refractivity contribution in [1.82, 2.24) is 9.55 Å². The lowest BCUT2D eigenvalue weighted by molar-refractivity contribution is 0.297. The fourth-order valence-corrected chi connectivity index (χ4v) is 3.32. The zero-order chi connectivity index (χ0) is 19.3. The van der Waals surface area contributed by atoms with Gasteiger partial charge in [0.2, 0.25) is 0 Å². The first-order chi connectivity index (χ1) is 13.7. The second-order valence-corrected chi connectivity index (χ2v) is 6.90. The van der Waals surface area contributed by atoms with E-state index in [4.69, 9.17) is 9.72 Å². The van der Waals surface area contributed by atoms with Gasteiger partial charge in [-0.1, -0.05) is 60.7 Å². The molecule has 4 aromatic rings. The largest absolute Gasteiger partial charge is 0.491 e. The first-order valence-electron chi connectivity index (χ1n) is 9.60. The fourth-order valence-electron chi connectivity index (χ4n) is 3.32. The minimum absolute atomic E-state index is 0.594. The van der Waals surface area contributed by atoms with Gasteiger partial charge in [0, 0.05) is 0 Å². The molecule has 0 N–H and O–H groups in total. The lowest BCUT2D eigenvalue weighted by atomic mass is 10.1. The van der Waals surface area contributed by atoms with Crippen LogP contribution in [0.5, 0.6) is 5.75 Å². The van der Waals surface area contributed by atoms with Crippen LogP contribution in [0, 0.1) is 13.8 Å². The maximum atomic E-state index is 6.08. The van der Waals surface area contributed by atoms with E-state index < -0.39 is 0 Å². The Morgan fingerprint density at radius 2 is 1.64 bits per heavy atom. The van der Waals surface area contributed by atoms with Crippen LogP contribution in [0.25, 0.3) is 23.2 Å². The Morgan fingerprint density at radius 1 is 0.857 bits per heavy atom. The third-order valence-corrected chi connectivity index (χ3v) is 5.04. The van der Waals surface area contributed by atoms with Gasteiger partial charge in [0.05, 0.1) is 17.6 Å².